The van der Waals surface area contributed by atoms with E-state index in [-0.39, 0.29) is 10.8 Å². The summed E-state index contributed by atoms with van der Waals surface area (Å²) in [6, 6.07) is 12.9. The second-order valence-electron chi connectivity index (χ2n) is 4.20. The summed E-state index contributed by atoms with van der Waals surface area (Å²) in [5.41, 5.74) is 1.89. The second-order valence-corrected chi connectivity index (χ2v) is 5.67. The lowest BCUT2D eigenvalue weighted by atomic mass is 10.2. The van der Waals surface area contributed by atoms with Gasteiger partial charge in [0.05, 0.1) is 5.02 Å². The van der Waals surface area contributed by atoms with Gasteiger partial charge in [0.2, 0.25) is 0 Å². The van der Waals surface area contributed by atoms with Crippen LogP contribution in [0.4, 0.5) is 10.1 Å². The van der Waals surface area contributed by atoms with E-state index < -0.39 is 0 Å². The topological polar surface area (TPSA) is 12.0 Å². The molecule has 0 aliphatic carbocycles. The van der Waals surface area contributed by atoms with E-state index in [1.54, 1.807) is 17.8 Å². The van der Waals surface area contributed by atoms with Gasteiger partial charge in [0.1, 0.15) is 5.82 Å². The van der Waals surface area contributed by atoms with E-state index in [0.717, 1.165) is 21.9 Å². The molecule has 0 aromatic heterocycles. The van der Waals surface area contributed by atoms with Crippen LogP contribution in [0.5, 0.6) is 0 Å². The van der Waals surface area contributed by atoms with Crippen LogP contribution in [0.2, 0.25) is 5.02 Å². The number of anilines is 1. The molecule has 0 saturated heterocycles. The number of para-hydroxylation sites is 1. The van der Waals surface area contributed by atoms with Crippen LogP contribution in [0, 0.1) is 5.82 Å². The molecule has 0 saturated carbocycles. The molecule has 0 fully saturated rings. The van der Waals surface area contributed by atoms with Gasteiger partial charge < -0.3 is 5.32 Å². The number of benzene rings is 2. The van der Waals surface area contributed by atoms with Crippen LogP contribution >= 0.6 is 23.4 Å². The first-order valence-corrected chi connectivity index (χ1v) is 7.57. The highest BCUT2D eigenvalue weighted by Gasteiger charge is 2.03. The van der Waals surface area contributed by atoms with Gasteiger partial charge in [-0.1, -0.05) is 35.9 Å². The van der Waals surface area contributed by atoms with Crippen LogP contribution < -0.4 is 5.32 Å². The summed E-state index contributed by atoms with van der Waals surface area (Å²) in [6.07, 6.45) is 1.87. The Labute approximate surface area is 127 Å². The standard InChI is InChI=1S/C16H15ClFNS/c1-2-9-20-16-6-4-3-5-15(16)19-11-12-7-8-13(17)14(18)10-12/h2-8,10,19H,1,9,11H2. The van der Waals surface area contributed by atoms with Gasteiger partial charge in [0, 0.05) is 22.9 Å². The molecule has 0 atom stereocenters. The highest BCUT2D eigenvalue weighted by molar-refractivity contribution is 7.99. The maximum Gasteiger partial charge on any atom is 0.142 e. The van der Waals surface area contributed by atoms with E-state index in [4.69, 9.17) is 11.6 Å². The van der Waals surface area contributed by atoms with Crippen molar-refractivity contribution in [2.24, 2.45) is 0 Å². The Kier molecular flexibility index (Phi) is 5.50. The van der Waals surface area contributed by atoms with Gasteiger partial charge in [-0.05, 0) is 29.8 Å². The van der Waals surface area contributed by atoms with Crippen LogP contribution in [0.3, 0.4) is 0 Å². The summed E-state index contributed by atoms with van der Waals surface area (Å²) in [5, 5.41) is 3.47. The zero-order valence-corrected chi connectivity index (χ0v) is 12.5. The first kappa shape index (κ1) is 14.9. The third-order valence-corrected chi connectivity index (χ3v) is 4.09. The molecule has 20 heavy (non-hydrogen) atoms. The molecule has 0 spiro atoms. The molecule has 0 amide bonds. The normalized spacial score (nSPS) is 10.3. The average molecular weight is 308 g/mol. The molecule has 0 bridgehead atoms. The minimum Gasteiger partial charge on any atom is -0.380 e. The van der Waals surface area contributed by atoms with E-state index in [0.29, 0.717) is 6.54 Å². The van der Waals surface area contributed by atoms with E-state index >= 15 is 0 Å². The third kappa shape index (κ3) is 4.02. The first-order valence-electron chi connectivity index (χ1n) is 6.21. The van der Waals surface area contributed by atoms with E-state index in [1.807, 2.05) is 30.3 Å². The Morgan fingerprint density at radius 1 is 1.25 bits per heavy atom. The summed E-state index contributed by atoms with van der Waals surface area (Å²) >= 11 is 7.38. The molecular weight excluding hydrogens is 293 g/mol. The molecular formula is C16H15ClFNS. The molecule has 0 aliphatic rings. The molecule has 0 aliphatic heterocycles. The van der Waals surface area contributed by atoms with Crippen LogP contribution in [0.1, 0.15) is 5.56 Å². The van der Waals surface area contributed by atoms with Gasteiger partial charge in [0.15, 0.2) is 0 Å². The molecule has 2 aromatic carbocycles. The van der Waals surface area contributed by atoms with Gasteiger partial charge in [-0.25, -0.2) is 4.39 Å². The van der Waals surface area contributed by atoms with Crippen molar-refractivity contribution in [1.29, 1.82) is 0 Å². The first-order chi connectivity index (χ1) is 9.70. The zero-order chi connectivity index (χ0) is 14.4. The molecule has 2 aromatic rings. The number of halogens is 2. The average Bonchev–Trinajstić information content (AvgIpc) is 2.47. The lowest BCUT2D eigenvalue weighted by Crippen LogP contribution is -2.01. The van der Waals surface area contributed by atoms with Gasteiger partial charge in [-0.15, -0.1) is 18.3 Å². The highest BCUT2D eigenvalue weighted by Crippen LogP contribution is 2.27. The maximum atomic E-state index is 13.4. The van der Waals surface area contributed by atoms with Crippen molar-refractivity contribution < 1.29 is 4.39 Å². The Bertz CT molecular complexity index is 601. The maximum absolute atomic E-state index is 13.4. The van der Waals surface area contributed by atoms with Gasteiger partial charge in [-0.3, -0.25) is 0 Å². The van der Waals surface area contributed by atoms with Crippen molar-refractivity contribution in [3.63, 3.8) is 0 Å². The molecule has 0 unspecified atom stereocenters. The molecule has 1 N–H and O–H groups in total. The third-order valence-electron chi connectivity index (χ3n) is 2.71. The van der Waals surface area contributed by atoms with E-state index in [1.165, 1.54) is 6.07 Å². The van der Waals surface area contributed by atoms with Crippen molar-refractivity contribution in [2.75, 3.05) is 11.1 Å². The molecule has 0 heterocycles. The predicted molar refractivity (Wildman–Crippen MR) is 86.1 cm³/mol. The fourth-order valence-corrected chi connectivity index (χ4v) is 2.62. The second kappa shape index (κ2) is 7.36. The Morgan fingerprint density at radius 2 is 2.05 bits per heavy atom. The minimum absolute atomic E-state index is 0.149. The quantitative estimate of drug-likeness (QED) is 0.569. The van der Waals surface area contributed by atoms with Crippen LogP contribution in [0.15, 0.2) is 60.0 Å². The van der Waals surface area contributed by atoms with Crippen LogP contribution in [-0.4, -0.2) is 5.75 Å². The molecule has 104 valence electrons. The summed E-state index contributed by atoms with van der Waals surface area (Å²) < 4.78 is 13.4. The Morgan fingerprint density at radius 3 is 2.80 bits per heavy atom. The summed E-state index contributed by atoms with van der Waals surface area (Å²) in [5.74, 6) is 0.467. The largest absolute Gasteiger partial charge is 0.380 e. The number of hydrogen-bond acceptors (Lipinski definition) is 2. The van der Waals surface area contributed by atoms with Crippen LogP contribution in [0.25, 0.3) is 0 Å². The SMILES string of the molecule is C=CCSc1ccccc1NCc1ccc(Cl)c(F)c1. The predicted octanol–water partition coefficient (Wildman–Crippen LogP) is 5.37. The van der Waals surface area contributed by atoms with Gasteiger partial charge in [-0.2, -0.15) is 0 Å². The number of hydrogen-bond donors (Lipinski definition) is 1. The van der Waals surface area contributed by atoms with E-state index in [2.05, 4.69) is 18.0 Å². The zero-order valence-electron chi connectivity index (χ0n) is 10.9. The highest BCUT2D eigenvalue weighted by atomic mass is 35.5. The fraction of sp³-hybridized carbons (Fsp3) is 0.125. The minimum atomic E-state index is -0.389. The smallest absolute Gasteiger partial charge is 0.142 e. The van der Waals surface area contributed by atoms with Crippen molar-refractivity contribution in [3.05, 3.63) is 71.5 Å². The summed E-state index contributed by atoms with van der Waals surface area (Å²) in [6.45, 7) is 4.28. The molecule has 0 radical (unpaired) electrons. The summed E-state index contributed by atoms with van der Waals surface area (Å²) in [4.78, 5) is 1.15. The molecule has 2 rings (SSSR count). The lowest BCUT2D eigenvalue weighted by molar-refractivity contribution is 0.626. The van der Waals surface area contributed by atoms with Crippen molar-refractivity contribution in [1.82, 2.24) is 0 Å². The monoisotopic (exact) mass is 307 g/mol. The van der Waals surface area contributed by atoms with Crippen molar-refractivity contribution >= 4 is 29.1 Å². The van der Waals surface area contributed by atoms with Crippen molar-refractivity contribution in [2.45, 2.75) is 11.4 Å². The Balaban J connectivity index is 2.06. The number of thioether (sulfide) groups is 1. The van der Waals surface area contributed by atoms with E-state index in [9.17, 15) is 4.39 Å². The molecule has 4 heteroatoms. The lowest BCUT2D eigenvalue weighted by Gasteiger charge is -2.11. The molecule has 1 nitrogen and oxygen atoms in total. The summed E-state index contributed by atoms with van der Waals surface area (Å²) in [7, 11) is 0. The number of nitrogens with one attached hydrogen (secondary N) is 1. The number of rotatable bonds is 6. The van der Waals surface area contributed by atoms with Gasteiger partial charge >= 0.3 is 0 Å². The van der Waals surface area contributed by atoms with Crippen molar-refractivity contribution in [3.8, 4) is 0 Å². The van der Waals surface area contributed by atoms with Gasteiger partial charge in [0.25, 0.3) is 0 Å². The Hall–Kier alpha value is -1.45. The van der Waals surface area contributed by atoms with Crippen LogP contribution in [-0.2, 0) is 6.54 Å². The fourth-order valence-electron chi connectivity index (χ4n) is 1.73.